The Morgan fingerprint density at radius 3 is 2.40 bits per heavy atom. The van der Waals surface area contributed by atoms with E-state index in [1.165, 1.54) is 0 Å². The predicted octanol–water partition coefficient (Wildman–Crippen LogP) is 5.85. The number of aliphatic hydroxyl groups is 1. The molecule has 3 rings (SSSR count). The van der Waals surface area contributed by atoms with Crippen molar-refractivity contribution in [1.29, 1.82) is 0 Å². The van der Waals surface area contributed by atoms with Gasteiger partial charge in [-0.15, -0.1) is 0 Å². The first-order chi connectivity index (χ1) is 16.4. The zero-order chi connectivity index (χ0) is 25.7. The second kappa shape index (κ2) is 12.2. The Hall–Kier alpha value is -0.0731. The smallest absolute Gasteiger partial charge is 0.184 e. The summed E-state index contributed by atoms with van der Waals surface area (Å²) >= 11 is 2.43. The summed E-state index contributed by atoms with van der Waals surface area (Å²) < 4.78 is 33.7. The van der Waals surface area contributed by atoms with Crippen molar-refractivity contribution >= 4 is 30.9 Å². The fourth-order valence-electron chi connectivity index (χ4n) is 5.44. The van der Waals surface area contributed by atoms with E-state index >= 15 is 0 Å². The lowest BCUT2D eigenvalue weighted by molar-refractivity contribution is -0.341. The second-order valence-corrected chi connectivity index (χ2v) is 17.2. The third-order valence-corrected chi connectivity index (χ3v) is 8.85. The fourth-order valence-corrected chi connectivity index (χ4v) is 7.70. The van der Waals surface area contributed by atoms with Gasteiger partial charge in [-0.25, -0.2) is 0 Å². The quantitative estimate of drug-likeness (QED) is 0.104. The lowest BCUT2D eigenvalue weighted by Crippen LogP contribution is -2.69. The van der Waals surface area contributed by atoms with E-state index < -0.39 is 19.5 Å². The van der Waals surface area contributed by atoms with Crippen molar-refractivity contribution in [3.63, 3.8) is 0 Å². The summed E-state index contributed by atoms with van der Waals surface area (Å²) in [6, 6.07) is 10.1. The van der Waals surface area contributed by atoms with Gasteiger partial charge in [-0.05, 0) is 65.2 Å². The number of rotatable bonds is 12. The average Bonchev–Trinajstić information content (AvgIpc) is 2.77. The molecule has 0 unspecified atom stereocenters. The van der Waals surface area contributed by atoms with Crippen molar-refractivity contribution in [3.05, 3.63) is 35.9 Å². The number of hydrogen-bond donors (Lipinski definition) is 1. The molecule has 0 aliphatic carbocycles. The summed E-state index contributed by atoms with van der Waals surface area (Å²) in [6.45, 7) is 14.0. The zero-order valence-corrected chi connectivity index (χ0v) is 25.5. The third-order valence-electron chi connectivity index (χ3n) is 7.32. The van der Waals surface area contributed by atoms with Crippen LogP contribution in [0.3, 0.4) is 0 Å². The van der Waals surface area contributed by atoms with Crippen LogP contribution in [0.5, 0.6) is 0 Å². The van der Waals surface area contributed by atoms with Crippen LogP contribution in [0.2, 0.25) is 19.6 Å². The summed E-state index contributed by atoms with van der Waals surface area (Å²) in [5.74, 6) is 0. The predicted molar refractivity (Wildman–Crippen MR) is 149 cm³/mol. The Bertz CT molecular complexity index is 792. The molecule has 6 atom stereocenters. The molecule has 35 heavy (non-hydrogen) atoms. The van der Waals surface area contributed by atoms with Crippen LogP contribution in [0.1, 0.15) is 58.4 Å². The average molecular weight is 621 g/mol. The third kappa shape index (κ3) is 7.72. The van der Waals surface area contributed by atoms with Crippen LogP contribution in [0.25, 0.3) is 0 Å². The van der Waals surface area contributed by atoms with Gasteiger partial charge < -0.3 is 28.5 Å². The first-order valence-electron chi connectivity index (χ1n) is 12.9. The molecule has 0 aromatic heterocycles. The molecule has 0 saturated carbocycles. The number of ether oxygens (including phenoxy) is 4. The first-order valence-corrected chi connectivity index (χ1v) is 17.8. The van der Waals surface area contributed by atoms with E-state index in [9.17, 15) is 5.11 Å². The molecule has 2 heterocycles. The lowest BCUT2D eigenvalue weighted by Gasteiger charge is -2.60. The maximum absolute atomic E-state index is 9.57. The maximum Gasteiger partial charge on any atom is 0.184 e. The standard InChI is InChI=1S/C27H45IO6Si/c1-25(14-15-28)24(33-35(4,5)6)18-27(3)23(32-25)17-22(26(2,34-27)13-10-16-29)31-20-30-19-21-11-8-7-9-12-21/h7-9,11-12,22-24,29H,10,13-20H2,1-6H3/t22-,23+,24+,25-,26+,27-/m0/s1. The largest absolute Gasteiger partial charge is 0.412 e. The molecular formula is C27H45IO6Si. The highest BCUT2D eigenvalue weighted by atomic mass is 127. The molecule has 0 spiro atoms. The van der Waals surface area contributed by atoms with Crippen molar-refractivity contribution in [1.82, 2.24) is 0 Å². The van der Waals surface area contributed by atoms with Gasteiger partial charge in [0, 0.05) is 23.9 Å². The SMILES string of the molecule is C[C@]1(CCCO)O[C@@]2(C)C[C@@H](O[Si](C)(C)C)[C@](C)(CCI)O[C@@H]2C[C@@H]1OCOCc1ccccc1. The second-order valence-electron chi connectivity index (χ2n) is 11.7. The van der Waals surface area contributed by atoms with E-state index in [1.807, 2.05) is 30.3 Å². The van der Waals surface area contributed by atoms with Crippen molar-refractivity contribution in [2.24, 2.45) is 0 Å². The van der Waals surface area contributed by atoms with E-state index in [-0.39, 0.29) is 37.3 Å². The van der Waals surface area contributed by atoms with Crippen LogP contribution in [0.15, 0.2) is 30.3 Å². The Morgan fingerprint density at radius 2 is 1.77 bits per heavy atom. The zero-order valence-electron chi connectivity index (χ0n) is 22.3. The molecular weight excluding hydrogens is 575 g/mol. The van der Waals surface area contributed by atoms with E-state index in [0.29, 0.717) is 19.4 Å². The highest BCUT2D eigenvalue weighted by Gasteiger charge is 2.60. The van der Waals surface area contributed by atoms with Crippen molar-refractivity contribution < 1.29 is 28.5 Å². The van der Waals surface area contributed by atoms with Crippen molar-refractivity contribution in [2.75, 3.05) is 17.8 Å². The number of alkyl halides is 1. The molecule has 0 bridgehead atoms. The van der Waals surface area contributed by atoms with Gasteiger partial charge >= 0.3 is 0 Å². The van der Waals surface area contributed by atoms with Gasteiger partial charge in [-0.1, -0.05) is 52.9 Å². The first kappa shape index (κ1) is 29.5. The monoisotopic (exact) mass is 620 g/mol. The molecule has 0 amide bonds. The minimum absolute atomic E-state index is 0.0149. The van der Waals surface area contributed by atoms with Crippen molar-refractivity contribution in [3.8, 4) is 0 Å². The normalized spacial score (nSPS) is 35.6. The van der Waals surface area contributed by atoms with E-state index in [0.717, 1.165) is 29.3 Å². The Morgan fingerprint density at radius 1 is 1.06 bits per heavy atom. The summed E-state index contributed by atoms with van der Waals surface area (Å²) in [4.78, 5) is 0. The molecule has 200 valence electrons. The van der Waals surface area contributed by atoms with Gasteiger partial charge in [-0.2, -0.15) is 0 Å². The van der Waals surface area contributed by atoms with Crippen LogP contribution < -0.4 is 0 Å². The molecule has 0 radical (unpaired) electrons. The molecule has 2 aliphatic heterocycles. The molecule has 1 aromatic carbocycles. The summed E-state index contributed by atoms with van der Waals surface area (Å²) in [5.41, 5.74) is -0.273. The minimum atomic E-state index is -1.78. The minimum Gasteiger partial charge on any atom is -0.412 e. The van der Waals surface area contributed by atoms with Crippen LogP contribution >= 0.6 is 22.6 Å². The van der Waals surface area contributed by atoms with Gasteiger partial charge in [-0.3, -0.25) is 0 Å². The topological polar surface area (TPSA) is 66.4 Å². The van der Waals surface area contributed by atoms with Gasteiger partial charge in [0.2, 0.25) is 0 Å². The molecule has 1 N–H and O–H groups in total. The summed E-state index contributed by atoms with van der Waals surface area (Å²) in [7, 11) is -1.78. The Kier molecular flexibility index (Phi) is 10.3. The van der Waals surface area contributed by atoms with Crippen molar-refractivity contribution in [2.45, 2.75) is 114 Å². The maximum atomic E-state index is 9.57. The lowest BCUT2D eigenvalue weighted by atomic mass is 9.73. The molecule has 1 aromatic rings. The molecule has 2 saturated heterocycles. The summed E-state index contributed by atoms with van der Waals surface area (Å²) in [5, 5.41) is 9.57. The van der Waals surface area contributed by atoms with Gasteiger partial charge in [0.15, 0.2) is 8.32 Å². The molecule has 6 nitrogen and oxygen atoms in total. The number of benzene rings is 1. The number of hydrogen-bond acceptors (Lipinski definition) is 6. The molecule has 8 heteroatoms. The van der Waals surface area contributed by atoms with Crippen LogP contribution in [-0.4, -0.2) is 66.4 Å². The number of fused-ring (bicyclic) bond motifs is 1. The highest BCUT2D eigenvalue weighted by molar-refractivity contribution is 14.1. The summed E-state index contributed by atoms with van der Waals surface area (Å²) in [6.07, 6.45) is 3.51. The Labute approximate surface area is 226 Å². The van der Waals surface area contributed by atoms with Gasteiger partial charge in [0.05, 0.1) is 41.7 Å². The fraction of sp³-hybridized carbons (Fsp3) is 0.778. The van der Waals surface area contributed by atoms with Crippen LogP contribution in [-0.2, 0) is 30.0 Å². The van der Waals surface area contributed by atoms with E-state index in [4.69, 9.17) is 23.4 Å². The molecule has 2 fully saturated rings. The molecule has 2 aliphatic rings. The van der Waals surface area contributed by atoms with E-state index in [2.05, 4.69) is 63.0 Å². The van der Waals surface area contributed by atoms with Gasteiger partial charge in [0.25, 0.3) is 0 Å². The number of halogens is 1. The number of aliphatic hydroxyl groups excluding tert-OH is 1. The van der Waals surface area contributed by atoms with Crippen LogP contribution in [0.4, 0.5) is 0 Å². The van der Waals surface area contributed by atoms with Gasteiger partial charge in [0.1, 0.15) is 6.79 Å². The highest BCUT2D eigenvalue weighted by Crippen LogP contribution is 2.50. The van der Waals surface area contributed by atoms with Crippen LogP contribution in [0, 0.1) is 0 Å². The van der Waals surface area contributed by atoms with E-state index in [1.54, 1.807) is 0 Å². The Balaban J connectivity index is 1.75.